The van der Waals surface area contributed by atoms with Gasteiger partial charge in [0.15, 0.2) is 17.6 Å². The molecule has 1 aliphatic heterocycles. The van der Waals surface area contributed by atoms with Gasteiger partial charge in [-0.05, 0) is 31.2 Å². The Morgan fingerprint density at radius 2 is 2.12 bits per heavy atom. The Morgan fingerprint density at radius 1 is 1.33 bits per heavy atom. The fourth-order valence-corrected chi connectivity index (χ4v) is 2.66. The van der Waals surface area contributed by atoms with Crippen LogP contribution in [-0.2, 0) is 6.54 Å². The molecule has 1 amide bonds. The largest absolute Gasteiger partial charge is 0.486 e. The molecule has 0 spiro atoms. The summed E-state index contributed by atoms with van der Waals surface area (Å²) in [5.74, 6) is 1.40. The van der Waals surface area contributed by atoms with Gasteiger partial charge in [-0.25, -0.2) is 0 Å². The molecule has 1 aromatic carbocycles. The van der Waals surface area contributed by atoms with Gasteiger partial charge in [0.25, 0.3) is 5.91 Å². The minimum absolute atomic E-state index is 0.0583. The molecule has 1 aromatic heterocycles. The van der Waals surface area contributed by atoms with Crippen LogP contribution in [0.1, 0.15) is 23.0 Å². The van der Waals surface area contributed by atoms with E-state index in [9.17, 15) is 4.79 Å². The van der Waals surface area contributed by atoms with Crippen LogP contribution in [0.3, 0.4) is 0 Å². The van der Waals surface area contributed by atoms with Gasteiger partial charge in [-0.3, -0.25) is 9.78 Å². The normalized spacial score (nSPS) is 15.8. The molecule has 1 unspecified atom stereocenters. The number of ether oxygens (including phenoxy) is 2. The predicted octanol–water partition coefficient (Wildman–Crippen LogP) is 1.84. The molecule has 3 rings (SSSR count). The van der Waals surface area contributed by atoms with Crippen LogP contribution in [0, 0.1) is 0 Å². The smallest absolute Gasteiger partial charge is 0.254 e. The second kappa shape index (κ2) is 7.31. The molecule has 0 saturated heterocycles. The third-order valence-electron chi connectivity index (χ3n) is 3.93. The van der Waals surface area contributed by atoms with Crippen LogP contribution in [0.2, 0.25) is 0 Å². The van der Waals surface area contributed by atoms with Crippen LogP contribution >= 0.6 is 0 Å². The molecule has 1 atom stereocenters. The zero-order chi connectivity index (χ0) is 16.9. The highest BCUT2D eigenvalue weighted by Crippen LogP contribution is 2.31. The third kappa shape index (κ3) is 3.49. The molecule has 2 aromatic rings. The number of amides is 1. The first-order valence-corrected chi connectivity index (χ1v) is 8.04. The summed E-state index contributed by atoms with van der Waals surface area (Å²) < 4.78 is 11.7. The monoisotopic (exact) mass is 327 g/mol. The Labute approximate surface area is 141 Å². The molecule has 2 heterocycles. The number of aromatic nitrogens is 1. The van der Waals surface area contributed by atoms with Crippen molar-refractivity contribution in [3.63, 3.8) is 0 Å². The minimum atomic E-state index is -0.195. The third-order valence-corrected chi connectivity index (χ3v) is 3.93. The maximum atomic E-state index is 12.7. The van der Waals surface area contributed by atoms with Crippen LogP contribution in [0.4, 0.5) is 0 Å². The van der Waals surface area contributed by atoms with E-state index in [1.807, 2.05) is 31.2 Å². The lowest BCUT2D eigenvalue weighted by molar-refractivity contribution is 0.0475. The number of hydrogen-bond acceptors (Lipinski definition) is 5. The number of benzene rings is 1. The summed E-state index contributed by atoms with van der Waals surface area (Å²) >= 11 is 0. The van der Waals surface area contributed by atoms with Crippen molar-refractivity contribution in [1.82, 2.24) is 9.88 Å². The average molecular weight is 327 g/mol. The van der Waals surface area contributed by atoms with Crippen molar-refractivity contribution in [2.75, 3.05) is 19.7 Å². The second-order valence-electron chi connectivity index (χ2n) is 5.58. The fourth-order valence-electron chi connectivity index (χ4n) is 2.66. The Kier molecular flexibility index (Phi) is 4.96. The van der Waals surface area contributed by atoms with Gasteiger partial charge in [0, 0.05) is 24.8 Å². The number of nitrogens with zero attached hydrogens (tertiary/aromatic N) is 2. The first-order chi connectivity index (χ1) is 11.7. The Balaban J connectivity index is 1.69. The molecule has 24 heavy (non-hydrogen) atoms. The van der Waals surface area contributed by atoms with E-state index < -0.39 is 0 Å². The van der Waals surface area contributed by atoms with Gasteiger partial charge < -0.3 is 20.1 Å². The first kappa shape index (κ1) is 16.3. The molecule has 1 aliphatic rings. The zero-order valence-corrected chi connectivity index (χ0v) is 13.6. The average Bonchev–Trinajstić information content (AvgIpc) is 2.65. The van der Waals surface area contributed by atoms with E-state index in [1.54, 1.807) is 23.2 Å². The molecule has 126 valence electrons. The summed E-state index contributed by atoms with van der Waals surface area (Å²) in [5.41, 5.74) is 6.88. The first-order valence-electron chi connectivity index (χ1n) is 8.04. The fraction of sp³-hybridized carbons (Fsp3) is 0.333. The molecule has 6 nitrogen and oxygen atoms in total. The van der Waals surface area contributed by atoms with E-state index in [1.165, 1.54) is 0 Å². The van der Waals surface area contributed by atoms with Gasteiger partial charge in [-0.15, -0.1) is 0 Å². The van der Waals surface area contributed by atoms with E-state index in [0.29, 0.717) is 43.2 Å². The molecule has 0 saturated carbocycles. The number of likely N-dealkylation sites (N-methyl/N-ethyl adjacent to an activating group) is 1. The van der Waals surface area contributed by atoms with Crippen LogP contribution in [0.15, 0.2) is 42.6 Å². The van der Waals surface area contributed by atoms with Crippen LogP contribution in [0.5, 0.6) is 11.5 Å². The van der Waals surface area contributed by atoms with Crippen molar-refractivity contribution in [2.45, 2.75) is 19.6 Å². The highest BCUT2D eigenvalue weighted by atomic mass is 16.6. The van der Waals surface area contributed by atoms with Gasteiger partial charge in [0.05, 0.1) is 12.2 Å². The number of para-hydroxylation sites is 2. The van der Waals surface area contributed by atoms with Crippen molar-refractivity contribution in [3.05, 3.63) is 53.9 Å². The van der Waals surface area contributed by atoms with Crippen molar-refractivity contribution in [2.24, 2.45) is 5.73 Å². The zero-order valence-electron chi connectivity index (χ0n) is 13.6. The molecular weight excluding hydrogens is 306 g/mol. The minimum Gasteiger partial charge on any atom is -0.486 e. The van der Waals surface area contributed by atoms with Crippen molar-refractivity contribution in [3.8, 4) is 11.5 Å². The van der Waals surface area contributed by atoms with Gasteiger partial charge in [-0.1, -0.05) is 12.1 Å². The molecular formula is C18H21N3O3. The Morgan fingerprint density at radius 3 is 2.88 bits per heavy atom. The lowest BCUT2D eigenvalue weighted by atomic mass is 10.2. The molecule has 6 heteroatoms. The lowest BCUT2D eigenvalue weighted by Gasteiger charge is -2.31. The van der Waals surface area contributed by atoms with E-state index in [4.69, 9.17) is 15.2 Å². The topological polar surface area (TPSA) is 77.7 Å². The van der Waals surface area contributed by atoms with Crippen molar-refractivity contribution in [1.29, 1.82) is 0 Å². The van der Waals surface area contributed by atoms with E-state index in [2.05, 4.69) is 4.98 Å². The Hall–Kier alpha value is -2.60. The summed E-state index contributed by atoms with van der Waals surface area (Å²) in [7, 11) is 0. The highest BCUT2D eigenvalue weighted by Gasteiger charge is 2.25. The summed E-state index contributed by atoms with van der Waals surface area (Å²) in [5, 5.41) is 0. The number of fused-ring (bicyclic) bond motifs is 1. The SMILES string of the molecule is CCN(CC1COc2ccccc2O1)C(=O)c1ccnc(CN)c1. The van der Waals surface area contributed by atoms with E-state index in [-0.39, 0.29) is 12.0 Å². The van der Waals surface area contributed by atoms with Gasteiger partial charge in [0.1, 0.15) is 6.61 Å². The van der Waals surface area contributed by atoms with Crippen LogP contribution < -0.4 is 15.2 Å². The van der Waals surface area contributed by atoms with E-state index >= 15 is 0 Å². The van der Waals surface area contributed by atoms with Gasteiger partial charge in [0.2, 0.25) is 0 Å². The number of rotatable bonds is 5. The quantitative estimate of drug-likeness (QED) is 0.907. The highest BCUT2D eigenvalue weighted by molar-refractivity contribution is 5.94. The Bertz CT molecular complexity index is 720. The van der Waals surface area contributed by atoms with Crippen molar-refractivity contribution < 1.29 is 14.3 Å². The summed E-state index contributed by atoms with van der Waals surface area (Å²) in [6.07, 6.45) is 1.42. The van der Waals surface area contributed by atoms with Crippen LogP contribution in [-0.4, -0.2) is 41.6 Å². The van der Waals surface area contributed by atoms with Gasteiger partial charge in [-0.2, -0.15) is 0 Å². The summed E-state index contributed by atoms with van der Waals surface area (Å²) in [4.78, 5) is 18.6. The van der Waals surface area contributed by atoms with E-state index in [0.717, 1.165) is 5.75 Å². The summed E-state index contributed by atoms with van der Waals surface area (Å²) in [6, 6.07) is 11.0. The number of carbonyl (C=O) groups is 1. The maximum absolute atomic E-state index is 12.7. The molecule has 2 N–H and O–H groups in total. The predicted molar refractivity (Wildman–Crippen MR) is 90.1 cm³/mol. The molecule has 0 bridgehead atoms. The second-order valence-corrected chi connectivity index (χ2v) is 5.58. The molecule has 0 aliphatic carbocycles. The van der Waals surface area contributed by atoms with Gasteiger partial charge >= 0.3 is 0 Å². The molecule has 0 radical (unpaired) electrons. The van der Waals surface area contributed by atoms with Crippen molar-refractivity contribution >= 4 is 5.91 Å². The number of pyridine rings is 1. The van der Waals surface area contributed by atoms with Crippen LogP contribution in [0.25, 0.3) is 0 Å². The number of nitrogens with two attached hydrogens (primary N) is 1. The maximum Gasteiger partial charge on any atom is 0.254 e. The molecule has 0 fully saturated rings. The number of hydrogen-bond donors (Lipinski definition) is 1. The summed E-state index contributed by atoms with van der Waals surface area (Å²) in [6.45, 7) is 3.72. The number of carbonyl (C=O) groups excluding carboxylic acids is 1. The standard InChI is InChI=1S/C18H21N3O3/c1-2-21(18(22)13-7-8-20-14(9-13)10-19)11-15-12-23-16-5-3-4-6-17(16)24-15/h3-9,15H,2,10-12,19H2,1H3. The lowest BCUT2D eigenvalue weighted by Crippen LogP contribution is -2.43.